The predicted octanol–water partition coefficient (Wildman–Crippen LogP) is 0.826. The number of allylic oxidation sites excluding steroid dienone is 1. The molecule has 1 unspecified atom stereocenters. The second kappa shape index (κ2) is 4.31. The molecule has 0 saturated heterocycles. The van der Waals surface area contributed by atoms with E-state index in [4.69, 9.17) is 5.73 Å². The Morgan fingerprint density at radius 3 is 2.53 bits per heavy atom. The maximum atomic E-state index is 12.2. The van der Waals surface area contributed by atoms with Gasteiger partial charge in [-0.1, -0.05) is 17.7 Å². The summed E-state index contributed by atoms with van der Waals surface area (Å²) in [5, 5.41) is 3.79. The fourth-order valence-corrected chi connectivity index (χ4v) is 2.72. The van der Waals surface area contributed by atoms with E-state index < -0.39 is 16.2 Å². The van der Waals surface area contributed by atoms with Crippen molar-refractivity contribution in [2.75, 3.05) is 0 Å². The molecule has 0 amide bonds. The van der Waals surface area contributed by atoms with E-state index in [0.29, 0.717) is 0 Å². The Morgan fingerprint density at radius 2 is 1.94 bits per heavy atom. The van der Waals surface area contributed by atoms with E-state index in [1.165, 1.54) is 6.21 Å². The summed E-state index contributed by atoms with van der Waals surface area (Å²) in [4.78, 5) is 0.186. The van der Waals surface area contributed by atoms with Gasteiger partial charge in [-0.25, -0.2) is 0 Å². The average Bonchev–Trinajstić information content (AvgIpc) is 2.30. The van der Waals surface area contributed by atoms with Crippen LogP contribution in [0.5, 0.6) is 0 Å². The second-order valence-electron chi connectivity index (χ2n) is 3.73. The quantitative estimate of drug-likeness (QED) is 0.845. The molecule has 1 atom stereocenters. The fourth-order valence-electron chi connectivity index (χ4n) is 1.46. The molecule has 1 aliphatic heterocycles. The lowest BCUT2D eigenvalue weighted by Gasteiger charge is -2.24. The lowest BCUT2D eigenvalue weighted by molar-refractivity contribution is 0.382. The van der Waals surface area contributed by atoms with Gasteiger partial charge in [0.1, 0.15) is 6.17 Å². The lowest BCUT2D eigenvalue weighted by Crippen LogP contribution is -2.42. The van der Waals surface area contributed by atoms with Crippen LogP contribution in [-0.2, 0) is 10.0 Å². The summed E-state index contributed by atoms with van der Waals surface area (Å²) in [6.07, 6.45) is 3.82. The summed E-state index contributed by atoms with van der Waals surface area (Å²) in [5.74, 6) is 0. The zero-order chi connectivity index (χ0) is 12.5. The van der Waals surface area contributed by atoms with E-state index in [1.807, 2.05) is 6.92 Å². The van der Waals surface area contributed by atoms with Crippen molar-refractivity contribution in [1.82, 2.24) is 4.41 Å². The summed E-state index contributed by atoms with van der Waals surface area (Å²) in [6.45, 7) is 1.89. The molecule has 1 heterocycles. The van der Waals surface area contributed by atoms with Crippen LogP contribution in [0.3, 0.4) is 0 Å². The summed E-state index contributed by atoms with van der Waals surface area (Å²) in [7, 11) is -3.67. The number of sulfonamides is 1. The van der Waals surface area contributed by atoms with Gasteiger partial charge in [-0.3, -0.25) is 0 Å². The van der Waals surface area contributed by atoms with Crippen molar-refractivity contribution in [1.29, 1.82) is 0 Å². The van der Waals surface area contributed by atoms with Gasteiger partial charge < -0.3 is 5.73 Å². The van der Waals surface area contributed by atoms with Gasteiger partial charge in [0.05, 0.1) is 4.90 Å². The average molecular weight is 251 g/mol. The highest BCUT2D eigenvalue weighted by Crippen LogP contribution is 2.19. The maximum Gasteiger partial charge on any atom is 0.280 e. The number of rotatable bonds is 2. The van der Waals surface area contributed by atoms with Gasteiger partial charge in [-0.05, 0) is 31.2 Å². The molecule has 0 radical (unpaired) electrons. The van der Waals surface area contributed by atoms with Crippen LogP contribution in [0.2, 0.25) is 0 Å². The first kappa shape index (κ1) is 11.8. The summed E-state index contributed by atoms with van der Waals surface area (Å²) >= 11 is 0. The van der Waals surface area contributed by atoms with Crippen molar-refractivity contribution < 1.29 is 8.42 Å². The van der Waals surface area contributed by atoms with Gasteiger partial charge in [0.2, 0.25) is 0 Å². The van der Waals surface area contributed by atoms with Crippen LogP contribution in [0.4, 0.5) is 0 Å². The first-order valence-corrected chi connectivity index (χ1v) is 6.53. The molecule has 0 bridgehead atoms. The minimum Gasteiger partial charge on any atom is -0.306 e. The molecule has 1 aromatic carbocycles. The minimum atomic E-state index is -3.67. The molecule has 0 aromatic heterocycles. The predicted molar refractivity (Wildman–Crippen MR) is 65.8 cm³/mol. The third kappa shape index (κ3) is 2.22. The fraction of sp³-hybridized carbons (Fsp3) is 0.182. The summed E-state index contributed by atoms with van der Waals surface area (Å²) in [5.41, 5.74) is 6.67. The molecule has 2 N–H and O–H groups in total. The van der Waals surface area contributed by atoms with Crippen LogP contribution in [0.25, 0.3) is 0 Å². The van der Waals surface area contributed by atoms with E-state index in [0.717, 1.165) is 9.98 Å². The van der Waals surface area contributed by atoms with Crippen molar-refractivity contribution in [3.63, 3.8) is 0 Å². The first-order chi connectivity index (χ1) is 8.01. The first-order valence-electron chi connectivity index (χ1n) is 5.09. The monoisotopic (exact) mass is 251 g/mol. The highest BCUT2D eigenvalue weighted by molar-refractivity contribution is 7.89. The smallest absolute Gasteiger partial charge is 0.280 e. The minimum absolute atomic E-state index is 0.186. The summed E-state index contributed by atoms with van der Waals surface area (Å²) < 4.78 is 25.3. The Bertz CT molecular complexity index is 561. The molecule has 0 fully saturated rings. The molecule has 17 heavy (non-hydrogen) atoms. The van der Waals surface area contributed by atoms with Gasteiger partial charge >= 0.3 is 0 Å². The Balaban J connectivity index is 2.40. The topological polar surface area (TPSA) is 75.8 Å². The standard InChI is InChI=1S/C11H13N3O2S/c1-9-4-6-10(7-5-9)17(15,16)14-11(12)3-2-8-13-14/h2-8,11H,12H2,1H3. The van der Waals surface area contributed by atoms with Crippen LogP contribution >= 0.6 is 0 Å². The number of nitrogens with two attached hydrogens (primary N) is 1. The van der Waals surface area contributed by atoms with Crippen molar-refractivity contribution in [2.24, 2.45) is 10.8 Å². The van der Waals surface area contributed by atoms with Crippen molar-refractivity contribution >= 4 is 16.2 Å². The number of benzene rings is 1. The second-order valence-corrected chi connectivity index (χ2v) is 5.53. The van der Waals surface area contributed by atoms with Crippen LogP contribution in [-0.4, -0.2) is 25.2 Å². The largest absolute Gasteiger partial charge is 0.306 e. The number of nitrogens with zero attached hydrogens (tertiary/aromatic N) is 2. The Morgan fingerprint density at radius 1 is 1.29 bits per heavy atom. The summed E-state index contributed by atoms with van der Waals surface area (Å²) in [6, 6.07) is 6.57. The van der Waals surface area contributed by atoms with E-state index in [-0.39, 0.29) is 4.90 Å². The third-order valence-electron chi connectivity index (χ3n) is 2.39. The highest BCUT2D eigenvalue weighted by atomic mass is 32.2. The molecule has 1 aliphatic rings. The van der Waals surface area contributed by atoms with Crippen molar-refractivity contribution in [2.45, 2.75) is 18.0 Å². The molecular weight excluding hydrogens is 238 g/mol. The highest BCUT2D eigenvalue weighted by Gasteiger charge is 2.27. The lowest BCUT2D eigenvalue weighted by atomic mass is 10.2. The SMILES string of the molecule is Cc1ccc(S(=O)(=O)N2N=CC=CC2N)cc1. The normalized spacial score (nSPS) is 19.6. The molecule has 90 valence electrons. The van der Waals surface area contributed by atoms with Crippen LogP contribution in [0, 0.1) is 6.92 Å². The molecule has 0 aliphatic carbocycles. The molecule has 6 heteroatoms. The van der Waals surface area contributed by atoms with Crippen molar-refractivity contribution in [3.05, 3.63) is 42.0 Å². The van der Waals surface area contributed by atoms with Crippen molar-refractivity contribution in [3.8, 4) is 0 Å². The molecule has 0 spiro atoms. The van der Waals surface area contributed by atoms with Gasteiger partial charge in [0.15, 0.2) is 0 Å². The Hall–Kier alpha value is -1.66. The van der Waals surface area contributed by atoms with E-state index >= 15 is 0 Å². The molecule has 2 rings (SSSR count). The Labute approximate surface area is 100 Å². The third-order valence-corrected chi connectivity index (χ3v) is 4.09. The molecule has 1 aromatic rings. The molecule has 0 saturated carbocycles. The molecule has 5 nitrogen and oxygen atoms in total. The van der Waals surface area contributed by atoms with Gasteiger partial charge in [-0.15, -0.1) is 0 Å². The van der Waals surface area contributed by atoms with Crippen LogP contribution < -0.4 is 5.73 Å². The van der Waals surface area contributed by atoms with Gasteiger partial charge in [0, 0.05) is 6.21 Å². The van der Waals surface area contributed by atoms with E-state index in [2.05, 4.69) is 5.10 Å². The number of aryl methyl sites for hydroxylation is 1. The van der Waals surface area contributed by atoms with Crippen LogP contribution in [0.15, 0.2) is 46.4 Å². The van der Waals surface area contributed by atoms with Gasteiger partial charge in [0.25, 0.3) is 10.0 Å². The van der Waals surface area contributed by atoms with Crippen LogP contribution in [0.1, 0.15) is 5.56 Å². The number of hydrogen-bond acceptors (Lipinski definition) is 4. The Kier molecular flexibility index (Phi) is 2.99. The van der Waals surface area contributed by atoms with Gasteiger partial charge in [-0.2, -0.15) is 17.9 Å². The number of hydrogen-bond donors (Lipinski definition) is 1. The zero-order valence-electron chi connectivity index (χ0n) is 9.32. The zero-order valence-corrected chi connectivity index (χ0v) is 10.1. The van der Waals surface area contributed by atoms with E-state index in [1.54, 1.807) is 36.4 Å². The maximum absolute atomic E-state index is 12.2. The van der Waals surface area contributed by atoms with E-state index in [9.17, 15) is 8.42 Å². The number of hydrazone groups is 1. The molecular formula is C11H13N3O2S.